The Morgan fingerprint density at radius 2 is 1.89 bits per heavy atom. The molecule has 1 heterocycles. The van der Waals surface area contributed by atoms with Gasteiger partial charge in [0.25, 0.3) is 0 Å². The first-order chi connectivity index (χ1) is 13.1. The third-order valence-corrected chi connectivity index (χ3v) is 5.37. The number of phenolic OH excluding ortho intramolecular Hbond substituents is 1. The Morgan fingerprint density at radius 3 is 2.52 bits per heavy atom. The molecule has 6 nitrogen and oxygen atoms in total. The first kappa shape index (κ1) is 19.2. The summed E-state index contributed by atoms with van der Waals surface area (Å²) in [6.45, 7) is 0. The SMILES string of the molecule is CN=c1scc(-c2ccc(OC)cc2)n1N=Cc1cc(Br)c(O)c(OC)c1. The molecule has 140 valence electrons. The fourth-order valence-corrected chi connectivity index (χ4v) is 3.73. The van der Waals surface area contributed by atoms with Gasteiger partial charge in [0.05, 0.1) is 30.6 Å². The molecule has 0 aliphatic carbocycles. The van der Waals surface area contributed by atoms with Gasteiger partial charge in [0.15, 0.2) is 11.5 Å². The molecule has 0 aliphatic rings. The zero-order chi connectivity index (χ0) is 19.4. The number of nitrogens with zero attached hydrogens (tertiary/aromatic N) is 3. The van der Waals surface area contributed by atoms with Crippen molar-refractivity contribution in [2.75, 3.05) is 21.3 Å². The highest BCUT2D eigenvalue weighted by Gasteiger charge is 2.09. The maximum atomic E-state index is 9.95. The fourth-order valence-electron chi connectivity index (χ4n) is 2.47. The van der Waals surface area contributed by atoms with Crippen LogP contribution in [0.1, 0.15) is 5.56 Å². The predicted molar refractivity (Wildman–Crippen MR) is 111 cm³/mol. The Kier molecular flexibility index (Phi) is 5.98. The summed E-state index contributed by atoms with van der Waals surface area (Å²) in [5.74, 6) is 1.23. The van der Waals surface area contributed by atoms with Gasteiger partial charge in [-0.05, 0) is 57.9 Å². The van der Waals surface area contributed by atoms with Crippen molar-refractivity contribution in [3.05, 3.63) is 56.6 Å². The van der Waals surface area contributed by atoms with Gasteiger partial charge >= 0.3 is 0 Å². The summed E-state index contributed by atoms with van der Waals surface area (Å²) in [5, 5.41) is 16.5. The third kappa shape index (κ3) is 4.06. The molecular formula is C19H18BrN3O3S. The van der Waals surface area contributed by atoms with Gasteiger partial charge in [0, 0.05) is 18.0 Å². The summed E-state index contributed by atoms with van der Waals surface area (Å²) in [7, 11) is 4.88. The minimum absolute atomic E-state index is 0.0565. The molecule has 0 saturated carbocycles. The maximum Gasteiger partial charge on any atom is 0.205 e. The Bertz CT molecular complexity index is 1040. The van der Waals surface area contributed by atoms with Crippen LogP contribution in [-0.2, 0) is 0 Å². The van der Waals surface area contributed by atoms with E-state index in [0.717, 1.165) is 27.4 Å². The number of rotatable bonds is 5. The second-order valence-corrected chi connectivity index (χ2v) is 7.16. The molecule has 1 N–H and O–H groups in total. The van der Waals surface area contributed by atoms with Gasteiger partial charge in [-0.1, -0.05) is 0 Å². The largest absolute Gasteiger partial charge is 0.503 e. The molecule has 0 radical (unpaired) electrons. The zero-order valence-electron chi connectivity index (χ0n) is 15.0. The number of thiazole rings is 1. The second-order valence-electron chi connectivity index (χ2n) is 5.47. The van der Waals surface area contributed by atoms with Crippen molar-refractivity contribution in [1.82, 2.24) is 4.68 Å². The monoisotopic (exact) mass is 447 g/mol. The molecule has 3 aromatic rings. The van der Waals surface area contributed by atoms with E-state index in [1.54, 1.807) is 37.2 Å². The van der Waals surface area contributed by atoms with Gasteiger partial charge in [-0.15, -0.1) is 11.3 Å². The van der Waals surface area contributed by atoms with Crippen molar-refractivity contribution < 1.29 is 14.6 Å². The number of hydrogen-bond acceptors (Lipinski definition) is 6. The predicted octanol–water partition coefficient (Wildman–Crippen LogP) is 4.11. The number of halogens is 1. The van der Waals surface area contributed by atoms with Crippen LogP contribution in [0.3, 0.4) is 0 Å². The number of phenols is 1. The molecule has 0 unspecified atom stereocenters. The average molecular weight is 448 g/mol. The molecule has 0 amide bonds. The Morgan fingerprint density at radius 1 is 1.15 bits per heavy atom. The van der Waals surface area contributed by atoms with E-state index in [4.69, 9.17) is 9.47 Å². The van der Waals surface area contributed by atoms with E-state index in [1.807, 2.05) is 29.6 Å². The van der Waals surface area contributed by atoms with Gasteiger partial charge < -0.3 is 14.6 Å². The molecule has 1 aromatic heterocycles. The highest BCUT2D eigenvalue weighted by Crippen LogP contribution is 2.34. The molecule has 2 aromatic carbocycles. The lowest BCUT2D eigenvalue weighted by molar-refractivity contribution is 0.372. The topological polar surface area (TPSA) is 68.3 Å². The van der Waals surface area contributed by atoms with Crippen molar-refractivity contribution in [3.63, 3.8) is 0 Å². The number of ether oxygens (including phenoxy) is 2. The van der Waals surface area contributed by atoms with Crippen molar-refractivity contribution in [3.8, 4) is 28.5 Å². The van der Waals surface area contributed by atoms with Crippen LogP contribution in [0.2, 0.25) is 0 Å². The lowest BCUT2D eigenvalue weighted by atomic mass is 10.2. The number of methoxy groups -OCH3 is 2. The molecular weight excluding hydrogens is 430 g/mol. The first-order valence-corrected chi connectivity index (χ1v) is 9.63. The first-order valence-electron chi connectivity index (χ1n) is 7.96. The quantitative estimate of drug-likeness (QED) is 0.598. The lowest BCUT2D eigenvalue weighted by Crippen LogP contribution is -2.11. The summed E-state index contributed by atoms with van der Waals surface area (Å²) in [4.78, 5) is 5.06. The molecule has 3 rings (SSSR count). The van der Waals surface area contributed by atoms with Crippen LogP contribution >= 0.6 is 27.3 Å². The van der Waals surface area contributed by atoms with Gasteiger partial charge in [0.1, 0.15) is 5.75 Å². The Balaban J connectivity index is 2.03. The molecule has 0 spiro atoms. The molecule has 0 atom stereocenters. The molecule has 27 heavy (non-hydrogen) atoms. The van der Waals surface area contributed by atoms with E-state index in [1.165, 1.54) is 18.4 Å². The van der Waals surface area contributed by atoms with E-state index < -0.39 is 0 Å². The lowest BCUT2D eigenvalue weighted by Gasteiger charge is -2.07. The molecule has 0 saturated heterocycles. The molecule has 0 bridgehead atoms. The van der Waals surface area contributed by atoms with Crippen LogP contribution in [0.25, 0.3) is 11.3 Å². The van der Waals surface area contributed by atoms with Crippen molar-refractivity contribution in [2.45, 2.75) is 0 Å². The summed E-state index contributed by atoms with van der Waals surface area (Å²) in [6.07, 6.45) is 1.70. The molecule has 0 aliphatic heterocycles. The standard InChI is InChI=1S/C19H18BrN3O3S/c1-21-19-23(16(11-27-19)13-4-6-14(25-2)7-5-13)22-10-12-8-15(20)18(24)17(9-12)26-3/h4-11,24H,1-3H3. The Labute approximate surface area is 169 Å². The van der Waals surface area contributed by atoms with Crippen molar-refractivity contribution in [1.29, 1.82) is 0 Å². The van der Waals surface area contributed by atoms with E-state index in [2.05, 4.69) is 26.0 Å². The van der Waals surface area contributed by atoms with Crippen LogP contribution in [0.5, 0.6) is 17.2 Å². The second kappa shape index (κ2) is 8.41. The summed E-state index contributed by atoms with van der Waals surface area (Å²) in [6, 6.07) is 11.3. The van der Waals surface area contributed by atoms with E-state index in [-0.39, 0.29) is 5.75 Å². The van der Waals surface area contributed by atoms with Crippen molar-refractivity contribution >= 4 is 33.5 Å². The van der Waals surface area contributed by atoms with Gasteiger partial charge in [-0.3, -0.25) is 4.99 Å². The summed E-state index contributed by atoms with van der Waals surface area (Å²) >= 11 is 4.83. The average Bonchev–Trinajstić information content (AvgIpc) is 3.11. The van der Waals surface area contributed by atoms with E-state index >= 15 is 0 Å². The fraction of sp³-hybridized carbons (Fsp3) is 0.158. The number of hydrogen-bond donors (Lipinski definition) is 1. The Hall–Kier alpha value is -2.58. The van der Waals surface area contributed by atoms with Gasteiger partial charge in [0.2, 0.25) is 4.80 Å². The van der Waals surface area contributed by atoms with Crippen LogP contribution < -0.4 is 14.3 Å². The maximum absolute atomic E-state index is 9.95. The smallest absolute Gasteiger partial charge is 0.205 e. The van der Waals surface area contributed by atoms with Gasteiger partial charge in [-0.2, -0.15) is 5.10 Å². The number of benzene rings is 2. The van der Waals surface area contributed by atoms with Crippen LogP contribution in [0, 0.1) is 0 Å². The highest BCUT2D eigenvalue weighted by molar-refractivity contribution is 9.10. The van der Waals surface area contributed by atoms with Crippen molar-refractivity contribution in [2.24, 2.45) is 10.1 Å². The highest BCUT2D eigenvalue weighted by atomic mass is 79.9. The van der Waals surface area contributed by atoms with Crippen LogP contribution in [0.15, 0.2) is 56.3 Å². The molecule has 8 heteroatoms. The number of aromatic nitrogens is 1. The number of aromatic hydroxyl groups is 1. The van der Waals surface area contributed by atoms with E-state index in [9.17, 15) is 5.11 Å². The minimum Gasteiger partial charge on any atom is -0.503 e. The summed E-state index contributed by atoms with van der Waals surface area (Å²) in [5.41, 5.74) is 2.70. The van der Waals surface area contributed by atoms with Crippen LogP contribution in [-0.4, -0.2) is 37.3 Å². The molecule has 0 fully saturated rings. The normalized spacial score (nSPS) is 11.9. The minimum atomic E-state index is 0.0565. The van der Waals surface area contributed by atoms with Gasteiger partial charge in [-0.25, -0.2) is 4.68 Å². The zero-order valence-corrected chi connectivity index (χ0v) is 17.4. The van der Waals surface area contributed by atoms with E-state index in [0.29, 0.717) is 10.2 Å². The van der Waals surface area contributed by atoms with Crippen LogP contribution in [0.4, 0.5) is 0 Å². The third-order valence-electron chi connectivity index (χ3n) is 3.86. The summed E-state index contributed by atoms with van der Waals surface area (Å²) < 4.78 is 12.7.